The first-order chi connectivity index (χ1) is 6.27. The molecule has 0 unspecified atom stereocenters. The Morgan fingerprint density at radius 2 is 2.23 bits per heavy atom. The van der Waals surface area contributed by atoms with E-state index in [9.17, 15) is 8.78 Å². The van der Waals surface area contributed by atoms with E-state index >= 15 is 0 Å². The Hall–Kier alpha value is -0.570. The van der Waals surface area contributed by atoms with Crippen LogP contribution in [0.5, 0.6) is 0 Å². The molecule has 3 heteroatoms. The average Bonchev–Trinajstić information content (AvgIpc) is 2.28. The van der Waals surface area contributed by atoms with Crippen molar-refractivity contribution >= 4 is 11.8 Å². The summed E-state index contributed by atoms with van der Waals surface area (Å²) in [6.45, 7) is -0.720. The lowest BCUT2D eigenvalue weighted by Gasteiger charge is -1.98. The Morgan fingerprint density at radius 3 is 2.85 bits per heavy atom. The molecule has 72 valence electrons. The van der Waals surface area contributed by atoms with Crippen molar-refractivity contribution in [3.05, 3.63) is 35.2 Å². The SMILES string of the molecule is CSCC1=CCC=C(CF)C(F)=C1. The molecule has 0 aromatic carbocycles. The minimum atomic E-state index is -0.720. The topological polar surface area (TPSA) is 0 Å². The Labute approximate surface area is 81.4 Å². The molecule has 0 radical (unpaired) electrons. The van der Waals surface area contributed by atoms with Gasteiger partial charge in [-0.3, -0.25) is 0 Å². The second-order valence-electron chi connectivity index (χ2n) is 2.80. The maximum atomic E-state index is 13.2. The summed E-state index contributed by atoms with van der Waals surface area (Å²) in [4.78, 5) is 0. The summed E-state index contributed by atoms with van der Waals surface area (Å²) in [5, 5.41) is 0. The second kappa shape index (κ2) is 5.22. The molecular formula is C10H12F2S. The first-order valence-corrected chi connectivity index (χ1v) is 5.48. The van der Waals surface area contributed by atoms with E-state index in [-0.39, 0.29) is 5.57 Å². The monoisotopic (exact) mass is 202 g/mol. The van der Waals surface area contributed by atoms with Gasteiger partial charge in [0.05, 0.1) is 0 Å². The van der Waals surface area contributed by atoms with Crippen LogP contribution >= 0.6 is 11.8 Å². The highest BCUT2D eigenvalue weighted by atomic mass is 32.2. The fraction of sp³-hybridized carbons (Fsp3) is 0.400. The van der Waals surface area contributed by atoms with Gasteiger partial charge >= 0.3 is 0 Å². The van der Waals surface area contributed by atoms with Crippen LogP contribution < -0.4 is 0 Å². The number of halogens is 2. The van der Waals surface area contributed by atoms with Crippen molar-refractivity contribution in [1.82, 2.24) is 0 Å². The van der Waals surface area contributed by atoms with Crippen LogP contribution in [0.15, 0.2) is 35.2 Å². The lowest BCUT2D eigenvalue weighted by Crippen LogP contribution is -1.87. The maximum absolute atomic E-state index is 13.2. The molecule has 1 rings (SSSR count). The normalized spacial score (nSPS) is 17.3. The maximum Gasteiger partial charge on any atom is 0.129 e. The van der Waals surface area contributed by atoms with E-state index in [1.807, 2.05) is 12.3 Å². The molecule has 0 spiro atoms. The van der Waals surface area contributed by atoms with Crippen molar-refractivity contribution in [3.63, 3.8) is 0 Å². The zero-order valence-electron chi connectivity index (χ0n) is 7.52. The highest BCUT2D eigenvalue weighted by molar-refractivity contribution is 7.98. The minimum absolute atomic E-state index is 0.173. The standard InChI is InChI=1S/C10H12F2S/c1-13-7-8-3-2-4-9(6-11)10(12)5-8/h3-5H,2,6-7H2,1H3. The van der Waals surface area contributed by atoms with Crippen LogP contribution in [0.4, 0.5) is 8.78 Å². The van der Waals surface area contributed by atoms with Gasteiger partial charge in [0.15, 0.2) is 0 Å². The van der Waals surface area contributed by atoms with Crippen molar-refractivity contribution in [1.29, 1.82) is 0 Å². The van der Waals surface area contributed by atoms with Crippen molar-refractivity contribution in [2.24, 2.45) is 0 Å². The number of thioether (sulfide) groups is 1. The molecule has 0 bridgehead atoms. The fourth-order valence-corrected chi connectivity index (χ4v) is 1.68. The van der Waals surface area contributed by atoms with E-state index in [1.165, 1.54) is 6.08 Å². The van der Waals surface area contributed by atoms with Crippen LogP contribution in [0.3, 0.4) is 0 Å². The molecule has 1 aliphatic rings. The first-order valence-electron chi connectivity index (χ1n) is 4.08. The van der Waals surface area contributed by atoms with Crippen molar-refractivity contribution in [2.75, 3.05) is 18.7 Å². The molecule has 0 heterocycles. The molecule has 0 nitrogen and oxygen atoms in total. The van der Waals surface area contributed by atoms with Gasteiger partial charge < -0.3 is 0 Å². The van der Waals surface area contributed by atoms with E-state index in [4.69, 9.17) is 0 Å². The largest absolute Gasteiger partial charge is 0.246 e. The molecule has 0 amide bonds. The number of hydrogen-bond donors (Lipinski definition) is 0. The summed E-state index contributed by atoms with van der Waals surface area (Å²) in [7, 11) is 0. The van der Waals surface area contributed by atoms with Crippen molar-refractivity contribution in [3.8, 4) is 0 Å². The molecule has 0 saturated carbocycles. The van der Waals surface area contributed by atoms with Gasteiger partial charge in [-0.1, -0.05) is 12.2 Å². The fourth-order valence-electron chi connectivity index (χ4n) is 1.15. The van der Waals surface area contributed by atoms with E-state index in [0.717, 1.165) is 11.3 Å². The summed E-state index contributed by atoms with van der Waals surface area (Å²) in [5.41, 5.74) is 1.11. The summed E-state index contributed by atoms with van der Waals surface area (Å²) >= 11 is 1.63. The predicted octanol–water partition coefficient (Wildman–Crippen LogP) is 3.43. The van der Waals surface area contributed by atoms with E-state index in [1.54, 1.807) is 17.8 Å². The van der Waals surface area contributed by atoms with Crippen LogP contribution in [0.25, 0.3) is 0 Å². The Balaban J connectivity index is 2.76. The van der Waals surface area contributed by atoms with E-state index < -0.39 is 12.5 Å². The molecular weight excluding hydrogens is 190 g/mol. The van der Waals surface area contributed by atoms with Crippen molar-refractivity contribution < 1.29 is 8.78 Å². The molecule has 0 N–H and O–H groups in total. The van der Waals surface area contributed by atoms with Gasteiger partial charge in [-0.25, -0.2) is 8.78 Å². The Bertz CT molecular complexity index is 264. The molecule has 1 aliphatic carbocycles. The quantitative estimate of drug-likeness (QED) is 0.675. The summed E-state index contributed by atoms with van der Waals surface area (Å²) in [6, 6.07) is 0. The Kier molecular flexibility index (Phi) is 4.22. The zero-order chi connectivity index (χ0) is 9.68. The summed E-state index contributed by atoms with van der Waals surface area (Å²) in [5.74, 6) is 0.348. The molecule has 0 aliphatic heterocycles. The third kappa shape index (κ3) is 2.99. The molecule has 0 fully saturated rings. The summed E-state index contributed by atoms with van der Waals surface area (Å²) in [6.07, 6.45) is 7.53. The van der Waals surface area contributed by atoms with Crippen LogP contribution in [0, 0.1) is 0 Å². The highest BCUT2D eigenvalue weighted by Crippen LogP contribution is 2.21. The van der Waals surface area contributed by atoms with Gasteiger partial charge in [0.25, 0.3) is 0 Å². The van der Waals surface area contributed by atoms with Crippen LogP contribution in [-0.2, 0) is 0 Å². The van der Waals surface area contributed by atoms with Gasteiger partial charge in [0.1, 0.15) is 12.5 Å². The lowest BCUT2D eigenvalue weighted by molar-refractivity contribution is 0.521. The summed E-state index contributed by atoms with van der Waals surface area (Å²) < 4.78 is 25.4. The first kappa shape index (κ1) is 10.5. The van der Waals surface area contributed by atoms with E-state index in [0.29, 0.717) is 6.42 Å². The highest BCUT2D eigenvalue weighted by Gasteiger charge is 2.07. The minimum Gasteiger partial charge on any atom is -0.246 e. The van der Waals surface area contributed by atoms with Gasteiger partial charge in [0, 0.05) is 11.3 Å². The Morgan fingerprint density at radius 1 is 1.46 bits per heavy atom. The van der Waals surface area contributed by atoms with Gasteiger partial charge in [0.2, 0.25) is 0 Å². The van der Waals surface area contributed by atoms with Gasteiger partial charge in [-0.15, -0.1) is 0 Å². The number of allylic oxidation sites excluding steroid dienone is 5. The van der Waals surface area contributed by atoms with Crippen molar-refractivity contribution in [2.45, 2.75) is 6.42 Å². The number of alkyl halides is 1. The molecule has 0 atom stereocenters. The van der Waals surface area contributed by atoms with E-state index in [2.05, 4.69) is 0 Å². The van der Waals surface area contributed by atoms with Gasteiger partial charge in [-0.05, 0) is 24.3 Å². The lowest BCUT2D eigenvalue weighted by atomic mass is 10.2. The zero-order valence-corrected chi connectivity index (χ0v) is 8.33. The molecule has 0 saturated heterocycles. The predicted molar refractivity (Wildman–Crippen MR) is 54.3 cm³/mol. The molecule has 0 aromatic heterocycles. The van der Waals surface area contributed by atoms with Crippen LogP contribution in [-0.4, -0.2) is 18.7 Å². The average molecular weight is 202 g/mol. The number of rotatable bonds is 3. The van der Waals surface area contributed by atoms with Gasteiger partial charge in [-0.2, -0.15) is 11.8 Å². The molecule has 13 heavy (non-hydrogen) atoms. The van der Waals surface area contributed by atoms with Crippen LogP contribution in [0.2, 0.25) is 0 Å². The molecule has 0 aromatic rings. The van der Waals surface area contributed by atoms with Crippen LogP contribution in [0.1, 0.15) is 6.42 Å². The number of hydrogen-bond acceptors (Lipinski definition) is 1. The third-order valence-corrected chi connectivity index (χ3v) is 2.44. The second-order valence-corrected chi connectivity index (χ2v) is 3.67. The third-order valence-electron chi connectivity index (χ3n) is 1.82. The smallest absolute Gasteiger partial charge is 0.129 e.